The Morgan fingerprint density at radius 3 is 2.35 bits per heavy atom. The molecule has 0 aromatic heterocycles. The second kappa shape index (κ2) is 8.84. The van der Waals surface area contributed by atoms with Crippen LogP contribution in [0.15, 0.2) is 36.4 Å². The number of nitrogens with one attached hydrogen (secondary N) is 2. The van der Waals surface area contributed by atoms with Crippen molar-refractivity contribution in [1.82, 2.24) is 5.32 Å². The van der Waals surface area contributed by atoms with Crippen molar-refractivity contribution >= 4 is 17.5 Å². The molecule has 0 radical (unpaired) electrons. The van der Waals surface area contributed by atoms with E-state index in [4.69, 9.17) is 4.74 Å². The average molecular weight is 370 g/mol. The first-order valence-electron chi connectivity index (χ1n) is 7.46. The highest BCUT2D eigenvalue weighted by molar-refractivity contribution is 5.94. The van der Waals surface area contributed by atoms with Crippen LogP contribution in [0.3, 0.4) is 0 Å². The summed E-state index contributed by atoms with van der Waals surface area (Å²) in [5.41, 5.74) is -0.550. The number of carbonyl (C=O) groups excluding carboxylic acids is 2. The molecule has 2 aromatic rings. The molecular formula is C17H14F4N2O3. The topological polar surface area (TPSA) is 67.4 Å². The maximum absolute atomic E-state index is 13.4. The molecule has 0 aliphatic heterocycles. The van der Waals surface area contributed by atoms with E-state index < -0.39 is 47.3 Å². The Kier molecular flexibility index (Phi) is 6.54. The van der Waals surface area contributed by atoms with E-state index >= 15 is 0 Å². The van der Waals surface area contributed by atoms with Gasteiger partial charge in [-0.15, -0.1) is 0 Å². The third kappa shape index (κ3) is 5.20. The molecule has 0 saturated carbocycles. The summed E-state index contributed by atoms with van der Waals surface area (Å²) < 4.78 is 57.7. The van der Waals surface area contributed by atoms with Crippen molar-refractivity contribution in [3.63, 3.8) is 0 Å². The van der Waals surface area contributed by atoms with Crippen LogP contribution in [-0.4, -0.2) is 25.0 Å². The monoisotopic (exact) mass is 370 g/mol. The zero-order valence-corrected chi connectivity index (χ0v) is 13.3. The summed E-state index contributed by atoms with van der Waals surface area (Å²) in [5.74, 6) is -6.61. The molecule has 2 N–H and O–H groups in total. The summed E-state index contributed by atoms with van der Waals surface area (Å²) in [6, 6.07) is 7.18. The van der Waals surface area contributed by atoms with E-state index in [1.165, 1.54) is 18.2 Å². The standard InChI is InChI=1S/C17H14F4N2O3/c18-10-3-1-2-4-13(10)26-8-7-14(24)22-9-15(25)23-12-6-5-11(19)16(20)17(12)21/h1-6H,7-9H2,(H,22,24)(H,23,25). The Labute approximate surface area is 146 Å². The summed E-state index contributed by atoms with van der Waals surface area (Å²) in [7, 11) is 0. The van der Waals surface area contributed by atoms with Crippen LogP contribution in [0.4, 0.5) is 23.2 Å². The largest absolute Gasteiger partial charge is 0.490 e. The minimum atomic E-state index is -1.71. The minimum absolute atomic E-state index is 0.00754. The van der Waals surface area contributed by atoms with Gasteiger partial charge < -0.3 is 15.4 Å². The molecule has 0 aliphatic rings. The van der Waals surface area contributed by atoms with Gasteiger partial charge in [0.2, 0.25) is 11.8 Å². The number of carbonyl (C=O) groups is 2. The van der Waals surface area contributed by atoms with Gasteiger partial charge in [-0.25, -0.2) is 17.6 Å². The van der Waals surface area contributed by atoms with Gasteiger partial charge in [-0.1, -0.05) is 12.1 Å². The number of hydrogen-bond donors (Lipinski definition) is 2. The summed E-state index contributed by atoms with van der Waals surface area (Å²) >= 11 is 0. The third-order valence-corrected chi connectivity index (χ3v) is 3.18. The molecule has 2 aromatic carbocycles. The molecule has 5 nitrogen and oxygen atoms in total. The van der Waals surface area contributed by atoms with Crippen LogP contribution in [-0.2, 0) is 9.59 Å². The number of halogens is 4. The van der Waals surface area contributed by atoms with Gasteiger partial charge in [-0.2, -0.15) is 0 Å². The Morgan fingerprint density at radius 1 is 0.885 bits per heavy atom. The van der Waals surface area contributed by atoms with Crippen molar-refractivity contribution in [3.05, 3.63) is 59.7 Å². The SMILES string of the molecule is O=C(CCOc1ccccc1F)NCC(=O)Nc1ccc(F)c(F)c1F. The first-order chi connectivity index (χ1) is 12.4. The highest BCUT2D eigenvalue weighted by atomic mass is 19.2. The normalized spacial score (nSPS) is 10.3. The van der Waals surface area contributed by atoms with Crippen LogP contribution in [0.2, 0.25) is 0 Å². The van der Waals surface area contributed by atoms with Crippen molar-refractivity contribution in [1.29, 1.82) is 0 Å². The van der Waals surface area contributed by atoms with E-state index in [0.717, 1.165) is 6.07 Å². The average Bonchev–Trinajstić information content (AvgIpc) is 2.62. The van der Waals surface area contributed by atoms with E-state index in [2.05, 4.69) is 5.32 Å². The first-order valence-corrected chi connectivity index (χ1v) is 7.46. The molecule has 0 saturated heterocycles. The summed E-state index contributed by atoms with van der Waals surface area (Å²) in [4.78, 5) is 23.2. The van der Waals surface area contributed by atoms with Crippen LogP contribution in [0.5, 0.6) is 5.75 Å². The molecule has 0 fully saturated rings. The van der Waals surface area contributed by atoms with E-state index in [9.17, 15) is 27.2 Å². The lowest BCUT2D eigenvalue weighted by Crippen LogP contribution is -2.33. The molecule has 9 heteroatoms. The fraction of sp³-hybridized carbons (Fsp3) is 0.176. The summed E-state index contributed by atoms with van der Waals surface area (Å²) in [6.07, 6.45) is -0.152. The van der Waals surface area contributed by atoms with Gasteiger partial charge in [0.05, 0.1) is 25.3 Å². The molecule has 2 rings (SSSR count). The first kappa shape index (κ1) is 19.2. The molecule has 0 bridgehead atoms. The number of rotatable bonds is 7. The fourth-order valence-corrected chi connectivity index (χ4v) is 1.90. The highest BCUT2D eigenvalue weighted by Gasteiger charge is 2.15. The molecule has 138 valence electrons. The van der Waals surface area contributed by atoms with Crippen LogP contribution < -0.4 is 15.4 Å². The second-order valence-corrected chi connectivity index (χ2v) is 5.08. The Bertz CT molecular complexity index is 815. The van der Waals surface area contributed by atoms with Gasteiger partial charge in [0, 0.05) is 0 Å². The predicted molar refractivity (Wildman–Crippen MR) is 84.5 cm³/mol. The van der Waals surface area contributed by atoms with Crippen LogP contribution >= 0.6 is 0 Å². The molecule has 0 atom stereocenters. The van der Waals surface area contributed by atoms with Crippen LogP contribution in [0, 0.1) is 23.3 Å². The summed E-state index contributed by atoms with van der Waals surface area (Å²) in [5, 5.41) is 4.24. The van der Waals surface area contributed by atoms with Gasteiger partial charge >= 0.3 is 0 Å². The van der Waals surface area contributed by atoms with E-state index in [1.807, 2.05) is 5.32 Å². The zero-order valence-electron chi connectivity index (χ0n) is 13.3. The number of anilines is 1. The maximum atomic E-state index is 13.4. The minimum Gasteiger partial charge on any atom is -0.490 e. The lowest BCUT2D eigenvalue weighted by atomic mass is 10.2. The van der Waals surface area contributed by atoms with Crippen molar-refractivity contribution in [3.8, 4) is 5.75 Å². The number of amides is 2. The number of ether oxygens (including phenoxy) is 1. The predicted octanol–water partition coefficient (Wildman–Crippen LogP) is 2.77. The maximum Gasteiger partial charge on any atom is 0.243 e. The second-order valence-electron chi connectivity index (χ2n) is 5.08. The Hall–Kier alpha value is -3.10. The van der Waals surface area contributed by atoms with Gasteiger partial charge in [0.25, 0.3) is 0 Å². The summed E-state index contributed by atoms with van der Waals surface area (Å²) in [6.45, 7) is -0.636. The smallest absolute Gasteiger partial charge is 0.243 e. The molecule has 0 aliphatic carbocycles. The molecule has 0 unspecified atom stereocenters. The molecular weight excluding hydrogens is 356 g/mol. The van der Waals surface area contributed by atoms with Gasteiger partial charge in [-0.3, -0.25) is 9.59 Å². The lowest BCUT2D eigenvalue weighted by molar-refractivity contribution is -0.124. The van der Waals surface area contributed by atoms with Crippen molar-refractivity contribution in [2.75, 3.05) is 18.5 Å². The van der Waals surface area contributed by atoms with Crippen molar-refractivity contribution in [2.24, 2.45) is 0 Å². The molecule has 0 spiro atoms. The fourth-order valence-electron chi connectivity index (χ4n) is 1.90. The third-order valence-electron chi connectivity index (χ3n) is 3.18. The van der Waals surface area contributed by atoms with E-state index in [-0.39, 0.29) is 18.8 Å². The quantitative estimate of drug-likeness (QED) is 0.582. The number of hydrogen-bond acceptors (Lipinski definition) is 3. The van der Waals surface area contributed by atoms with Gasteiger partial charge in [0.15, 0.2) is 29.0 Å². The number of para-hydroxylation sites is 1. The highest BCUT2D eigenvalue weighted by Crippen LogP contribution is 2.19. The van der Waals surface area contributed by atoms with E-state index in [0.29, 0.717) is 6.07 Å². The molecule has 2 amide bonds. The lowest BCUT2D eigenvalue weighted by Gasteiger charge is -2.09. The van der Waals surface area contributed by atoms with Crippen molar-refractivity contribution < 1.29 is 31.9 Å². The molecule has 0 heterocycles. The zero-order chi connectivity index (χ0) is 19.1. The Morgan fingerprint density at radius 2 is 1.62 bits per heavy atom. The van der Waals surface area contributed by atoms with Gasteiger partial charge in [-0.05, 0) is 24.3 Å². The van der Waals surface area contributed by atoms with Crippen LogP contribution in [0.25, 0.3) is 0 Å². The Balaban J connectivity index is 1.74. The molecule has 26 heavy (non-hydrogen) atoms. The van der Waals surface area contributed by atoms with Gasteiger partial charge in [0.1, 0.15) is 0 Å². The van der Waals surface area contributed by atoms with E-state index in [1.54, 1.807) is 6.07 Å². The van der Waals surface area contributed by atoms with Crippen LogP contribution in [0.1, 0.15) is 6.42 Å². The number of benzene rings is 2. The van der Waals surface area contributed by atoms with Crippen molar-refractivity contribution in [2.45, 2.75) is 6.42 Å².